The van der Waals surface area contributed by atoms with Crippen LogP contribution in [0.15, 0.2) is 76.8 Å². The second-order valence-electron chi connectivity index (χ2n) is 10.4. The molecule has 0 spiro atoms. The number of hydrogen-bond donors (Lipinski definition) is 4. The van der Waals surface area contributed by atoms with E-state index in [0.29, 0.717) is 31.7 Å². The van der Waals surface area contributed by atoms with Crippen LogP contribution < -0.4 is 16.2 Å². The minimum absolute atomic E-state index is 0.245. The number of hydrogen-bond acceptors (Lipinski definition) is 10. The van der Waals surface area contributed by atoms with Gasteiger partial charge in [0.2, 0.25) is 0 Å². The topological polar surface area (TPSA) is 160 Å². The Balaban J connectivity index is 0.000000193. The van der Waals surface area contributed by atoms with E-state index < -0.39 is 36.8 Å². The third-order valence-corrected chi connectivity index (χ3v) is 9.54. The molecule has 0 unspecified atom stereocenters. The van der Waals surface area contributed by atoms with Gasteiger partial charge in [-0.15, -0.1) is 0 Å². The van der Waals surface area contributed by atoms with E-state index in [4.69, 9.17) is 33.2 Å². The third kappa shape index (κ3) is 11.4. The fourth-order valence-corrected chi connectivity index (χ4v) is 6.48. The van der Waals surface area contributed by atoms with E-state index in [1.54, 1.807) is 54.7 Å². The summed E-state index contributed by atoms with van der Waals surface area (Å²) in [5.74, 6) is -0.708. The van der Waals surface area contributed by atoms with E-state index in [2.05, 4.69) is 46.7 Å². The average Bonchev–Trinajstić information content (AvgIpc) is 3.89. The van der Waals surface area contributed by atoms with Gasteiger partial charge in [0.05, 0.1) is 47.3 Å². The van der Waals surface area contributed by atoms with Crippen molar-refractivity contribution in [2.75, 3.05) is 10.6 Å². The van der Waals surface area contributed by atoms with E-state index in [-0.39, 0.29) is 27.9 Å². The van der Waals surface area contributed by atoms with E-state index >= 15 is 0 Å². The molecule has 0 saturated heterocycles. The van der Waals surface area contributed by atoms with Crippen molar-refractivity contribution in [3.8, 4) is 10.6 Å². The minimum atomic E-state index is -4.56. The molecule has 0 atom stereocenters. The Bertz CT molecular complexity index is 2250. The molecule has 2 aromatic carbocycles. The molecule has 0 bridgehead atoms. The first kappa shape index (κ1) is 42.4. The summed E-state index contributed by atoms with van der Waals surface area (Å²) in [6.45, 7) is 0. The van der Waals surface area contributed by atoms with Crippen molar-refractivity contribution in [3.63, 3.8) is 0 Å². The fraction of sp³-hybridized carbons (Fsp3) is 0.133. The Kier molecular flexibility index (Phi) is 14.0. The summed E-state index contributed by atoms with van der Waals surface area (Å²) in [6, 6.07) is 14.9. The van der Waals surface area contributed by atoms with Crippen LogP contribution in [0.2, 0.25) is 10.0 Å². The first-order valence-corrected chi connectivity index (χ1v) is 17.7. The molecule has 284 valence electrons. The zero-order chi connectivity index (χ0) is 40.0. The highest BCUT2D eigenvalue weighted by Gasteiger charge is 2.36. The molecule has 4 N–H and O–H groups in total. The van der Waals surface area contributed by atoms with Gasteiger partial charge in [-0.1, -0.05) is 70.1 Å². The normalized spacial score (nSPS) is 11.2. The van der Waals surface area contributed by atoms with Crippen molar-refractivity contribution in [2.45, 2.75) is 12.4 Å². The molecule has 4 aromatic heterocycles. The van der Waals surface area contributed by atoms with Crippen LogP contribution in [0.25, 0.3) is 10.6 Å². The van der Waals surface area contributed by atoms with Crippen LogP contribution in [0.1, 0.15) is 32.1 Å². The Morgan fingerprint density at radius 2 is 1.22 bits per heavy atom. The standard InChI is InChI=1S/C15H10ClF3N4OS.C10H6BrClN2OS.C5H6BF3N2O2/c1-23-10(6-12(22-23)15(17,18)19)11-7-20-14(25-11)21-13(24)8-4-2-3-5-9(8)16;11-8-5-13-10(16-8)14-9(15)6-3-1-2-4-7(6)12;1-11-4(6(12)13)2-3(10-11)5(7,8)9/h2-7H,1H3,(H,20,21,24);1-5H,(H,13,14,15);2,12-13H,1H3. The van der Waals surface area contributed by atoms with Gasteiger partial charge in [-0.05, 0) is 52.3 Å². The zero-order valence-electron chi connectivity index (χ0n) is 27.1. The van der Waals surface area contributed by atoms with Gasteiger partial charge in [-0.3, -0.25) is 29.6 Å². The minimum Gasteiger partial charge on any atom is -0.422 e. The highest BCUT2D eigenvalue weighted by molar-refractivity contribution is 9.11. The molecule has 4 heterocycles. The highest BCUT2D eigenvalue weighted by Crippen LogP contribution is 2.35. The second-order valence-corrected chi connectivity index (χ2v) is 14.6. The van der Waals surface area contributed by atoms with Gasteiger partial charge < -0.3 is 10.0 Å². The van der Waals surface area contributed by atoms with Gasteiger partial charge in [0.1, 0.15) is 0 Å². The van der Waals surface area contributed by atoms with E-state index in [1.807, 2.05) is 0 Å². The average molecular weight is 898 g/mol. The number of benzene rings is 2. The smallest absolute Gasteiger partial charge is 0.422 e. The maximum absolute atomic E-state index is 12.7. The van der Waals surface area contributed by atoms with Crippen LogP contribution in [0, 0.1) is 0 Å². The maximum Gasteiger partial charge on any atom is 0.507 e. The summed E-state index contributed by atoms with van der Waals surface area (Å²) in [5.41, 5.74) is -1.45. The SMILES string of the molecule is Cn1nc(C(F)(F)F)cc1-c1cnc(NC(=O)c2ccccc2Cl)s1.Cn1nc(C(F)(F)F)cc1B(O)O.O=C(Nc1ncc(Br)s1)c1ccccc1Cl. The number of carbonyl (C=O) groups excluding carboxylic acids is 2. The monoisotopic (exact) mass is 896 g/mol. The quantitative estimate of drug-likeness (QED) is 0.0995. The lowest BCUT2D eigenvalue weighted by Gasteiger charge is -2.03. The lowest BCUT2D eigenvalue weighted by atomic mass is 9.86. The summed E-state index contributed by atoms with van der Waals surface area (Å²) in [4.78, 5) is 32.5. The maximum atomic E-state index is 12.7. The van der Waals surface area contributed by atoms with Crippen LogP contribution in [-0.4, -0.2) is 58.5 Å². The number of rotatable bonds is 6. The molecule has 2 amide bonds. The summed E-state index contributed by atoms with van der Waals surface area (Å²) in [6.07, 6.45) is -6.08. The number of thiazole rings is 2. The molecule has 0 saturated carbocycles. The number of nitrogens with one attached hydrogen (secondary N) is 2. The first-order chi connectivity index (χ1) is 25.2. The zero-order valence-corrected chi connectivity index (χ0v) is 31.8. The largest absolute Gasteiger partial charge is 0.507 e. The lowest BCUT2D eigenvalue weighted by molar-refractivity contribution is -0.142. The lowest BCUT2D eigenvalue weighted by Crippen LogP contribution is -2.35. The van der Waals surface area contributed by atoms with E-state index in [9.17, 15) is 35.9 Å². The van der Waals surface area contributed by atoms with Crippen molar-refractivity contribution in [3.05, 3.63) is 109 Å². The molecule has 6 rings (SSSR count). The molecule has 54 heavy (non-hydrogen) atoms. The molecular weight excluding hydrogens is 876 g/mol. The Morgan fingerprint density at radius 1 is 0.759 bits per heavy atom. The number of aromatic nitrogens is 6. The third-order valence-electron chi connectivity index (χ3n) is 6.55. The van der Waals surface area contributed by atoms with Gasteiger partial charge in [0, 0.05) is 20.3 Å². The van der Waals surface area contributed by atoms with Crippen molar-refractivity contribution < 1.29 is 46.0 Å². The number of alkyl halides is 6. The molecular formula is C30H22BBrCl2F6N8O4S2. The summed E-state index contributed by atoms with van der Waals surface area (Å²) < 4.78 is 77.0. The first-order valence-electron chi connectivity index (χ1n) is 14.5. The number of nitrogens with zero attached hydrogens (tertiary/aromatic N) is 6. The van der Waals surface area contributed by atoms with Crippen LogP contribution in [-0.2, 0) is 26.4 Å². The molecule has 6 aromatic rings. The number of aryl methyl sites for hydroxylation is 2. The molecule has 24 heteroatoms. The van der Waals surface area contributed by atoms with Gasteiger partial charge >= 0.3 is 19.5 Å². The second kappa shape index (κ2) is 17.9. The Hall–Kier alpha value is -4.32. The van der Waals surface area contributed by atoms with Crippen molar-refractivity contribution in [1.82, 2.24) is 29.5 Å². The fourth-order valence-electron chi connectivity index (χ4n) is 4.08. The molecule has 0 aliphatic carbocycles. The van der Waals surface area contributed by atoms with Gasteiger partial charge in [0.25, 0.3) is 11.8 Å². The molecule has 0 fully saturated rings. The summed E-state index contributed by atoms with van der Waals surface area (Å²) in [7, 11) is 0.657. The highest BCUT2D eigenvalue weighted by atomic mass is 79.9. The predicted molar refractivity (Wildman–Crippen MR) is 196 cm³/mol. The van der Waals surface area contributed by atoms with Crippen LogP contribution >= 0.6 is 61.8 Å². The molecule has 0 aliphatic heterocycles. The molecule has 12 nitrogen and oxygen atoms in total. The number of anilines is 2. The van der Waals surface area contributed by atoms with Crippen molar-refractivity contribution in [2.24, 2.45) is 14.1 Å². The molecule has 0 aliphatic rings. The van der Waals surface area contributed by atoms with Crippen molar-refractivity contribution >= 4 is 96.6 Å². The Labute approximate surface area is 327 Å². The molecule has 0 radical (unpaired) electrons. The van der Waals surface area contributed by atoms with Crippen molar-refractivity contribution in [1.29, 1.82) is 0 Å². The van der Waals surface area contributed by atoms with Crippen LogP contribution in [0.3, 0.4) is 0 Å². The van der Waals surface area contributed by atoms with Crippen LogP contribution in [0.5, 0.6) is 0 Å². The summed E-state index contributed by atoms with van der Waals surface area (Å²) in [5, 5.41) is 30.5. The van der Waals surface area contributed by atoms with Gasteiger partial charge in [-0.25, -0.2) is 9.97 Å². The predicted octanol–water partition coefficient (Wildman–Crippen LogP) is 7.40. The van der Waals surface area contributed by atoms with Gasteiger partial charge in [0.15, 0.2) is 21.7 Å². The Morgan fingerprint density at radius 3 is 1.63 bits per heavy atom. The number of halogens is 9. The number of carbonyl (C=O) groups is 2. The van der Waals surface area contributed by atoms with E-state index in [0.717, 1.165) is 30.6 Å². The van der Waals surface area contributed by atoms with Crippen LogP contribution in [0.4, 0.5) is 36.6 Å². The summed E-state index contributed by atoms with van der Waals surface area (Å²) >= 11 is 17.5. The number of amides is 2. The van der Waals surface area contributed by atoms with E-state index in [1.165, 1.54) is 31.6 Å². The van der Waals surface area contributed by atoms with Gasteiger partial charge in [-0.2, -0.15) is 36.5 Å².